The third-order valence-electron chi connectivity index (χ3n) is 3.06. The van der Waals surface area contributed by atoms with Crippen LogP contribution in [0.25, 0.3) is 0 Å². The van der Waals surface area contributed by atoms with Crippen molar-refractivity contribution in [3.05, 3.63) is 29.6 Å². The van der Waals surface area contributed by atoms with Crippen molar-refractivity contribution in [2.45, 2.75) is 25.8 Å². The first kappa shape index (κ1) is 11.9. The Hall–Kier alpha value is -1.58. The number of hydrogen-bond donors (Lipinski definition) is 1. The molecule has 0 spiro atoms. The molecule has 0 aromatic heterocycles. The van der Waals surface area contributed by atoms with Gasteiger partial charge in [0.05, 0.1) is 7.11 Å². The van der Waals surface area contributed by atoms with Crippen LogP contribution in [0.4, 0.5) is 10.1 Å². The van der Waals surface area contributed by atoms with E-state index in [2.05, 4.69) is 5.32 Å². The fourth-order valence-electron chi connectivity index (χ4n) is 1.84. The standard InChI is InChI=1S/C13H16FNO2/c1-8-3-6-10(14)7-11(8)15-12(9-4-5-9)13(16)17-2/h3,6-7,9,12,15H,4-5H2,1-2H3. The van der Waals surface area contributed by atoms with Gasteiger partial charge in [-0.1, -0.05) is 6.07 Å². The summed E-state index contributed by atoms with van der Waals surface area (Å²) in [5.74, 6) is -0.279. The largest absolute Gasteiger partial charge is 0.467 e. The lowest BCUT2D eigenvalue weighted by Gasteiger charge is -2.18. The van der Waals surface area contributed by atoms with Crippen molar-refractivity contribution in [1.29, 1.82) is 0 Å². The summed E-state index contributed by atoms with van der Waals surface area (Å²) in [6, 6.07) is 4.15. The van der Waals surface area contributed by atoms with Crippen LogP contribution in [-0.4, -0.2) is 19.1 Å². The van der Waals surface area contributed by atoms with Crippen molar-refractivity contribution in [1.82, 2.24) is 0 Å². The minimum Gasteiger partial charge on any atom is -0.467 e. The Kier molecular flexibility index (Phi) is 3.31. The molecule has 3 nitrogen and oxygen atoms in total. The van der Waals surface area contributed by atoms with E-state index in [1.807, 2.05) is 6.92 Å². The Balaban J connectivity index is 2.16. The topological polar surface area (TPSA) is 38.3 Å². The molecule has 1 unspecified atom stereocenters. The Labute approximate surface area is 100.0 Å². The molecule has 2 rings (SSSR count). The molecule has 0 radical (unpaired) electrons. The molecule has 1 aliphatic rings. The SMILES string of the molecule is COC(=O)C(Nc1cc(F)ccc1C)C1CC1. The van der Waals surface area contributed by atoms with Gasteiger partial charge in [0.1, 0.15) is 11.9 Å². The quantitative estimate of drug-likeness (QED) is 0.818. The van der Waals surface area contributed by atoms with Gasteiger partial charge in [0.2, 0.25) is 0 Å². The molecule has 0 aliphatic heterocycles. The Morgan fingerprint density at radius 2 is 2.24 bits per heavy atom. The maximum atomic E-state index is 13.1. The molecule has 0 bridgehead atoms. The van der Waals surface area contributed by atoms with E-state index in [-0.39, 0.29) is 17.8 Å². The second kappa shape index (κ2) is 4.73. The number of carbonyl (C=O) groups is 1. The number of halogens is 1. The Morgan fingerprint density at radius 1 is 1.53 bits per heavy atom. The molecule has 1 aromatic rings. The van der Waals surface area contributed by atoms with Gasteiger partial charge in [-0.05, 0) is 43.4 Å². The summed E-state index contributed by atoms with van der Waals surface area (Å²) in [4.78, 5) is 11.6. The van der Waals surface area contributed by atoms with Gasteiger partial charge in [-0.3, -0.25) is 0 Å². The maximum Gasteiger partial charge on any atom is 0.328 e. The van der Waals surface area contributed by atoms with E-state index in [0.717, 1.165) is 18.4 Å². The van der Waals surface area contributed by atoms with Crippen LogP contribution >= 0.6 is 0 Å². The first-order valence-corrected chi connectivity index (χ1v) is 5.72. The lowest BCUT2D eigenvalue weighted by molar-refractivity contribution is -0.142. The number of methoxy groups -OCH3 is 1. The van der Waals surface area contributed by atoms with Crippen molar-refractivity contribution in [2.24, 2.45) is 5.92 Å². The number of anilines is 1. The monoisotopic (exact) mass is 237 g/mol. The average Bonchev–Trinajstić information content (AvgIpc) is 3.13. The maximum absolute atomic E-state index is 13.1. The number of carbonyl (C=O) groups excluding carboxylic acids is 1. The first-order valence-electron chi connectivity index (χ1n) is 5.72. The third kappa shape index (κ3) is 2.75. The van der Waals surface area contributed by atoms with Crippen LogP contribution in [0.5, 0.6) is 0 Å². The second-order valence-corrected chi connectivity index (χ2v) is 4.44. The molecule has 1 aromatic carbocycles. The summed E-state index contributed by atoms with van der Waals surface area (Å²) < 4.78 is 17.9. The lowest BCUT2D eigenvalue weighted by Crippen LogP contribution is -2.33. The van der Waals surface area contributed by atoms with Gasteiger partial charge >= 0.3 is 5.97 Å². The lowest BCUT2D eigenvalue weighted by atomic mass is 10.1. The summed E-state index contributed by atoms with van der Waals surface area (Å²) in [6.45, 7) is 1.88. The van der Waals surface area contributed by atoms with E-state index >= 15 is 0 Å². The molecule has 0 saturated heterocycles. The van der Waals surface area contributed by atoms with E-state index < -0.39 is 0 Å². The van der Waals surface area contributed by atoms with Gasteiger partial charge in [-0.15, -0.1) is 0 Å². The van der Waals surface area contributed by atoms with Gasteiger partial charge in [-0.2, -0.15) is 0 Å². The molecule has 1 atom stereocenters. The average molecular weight is 237 g/mol. The smallest absolute Gasteiger partial charge is 0.328 e. The zero-order valence-corrected chi connectivity index (χ0v) is 10.00. The Morgan fingerprint density at radius 3 is 2.82 bits per heavy atom. The van der Waals surface area contributed by atoms with Crippen LogP contribution in [0.15, 0.2) is 18.2 Å². The van der Waals surface area contributed by atoms with Crippen molar-refractivity contribution < 1.29 is 13.9 Å². The second-order valence-electron chi connectivity index (χ2n) is 4.44. The van der Waals surface area contributed by atoms with Crippen molar-refractivity contribution in [3.63, 3.8) is 0 Å². The highest BCUT2D eigenvalue weighted by Crippen LogP contribution is 2.35. The summed E-state index contributed by atoms with van der Waals surface area (Å²) in [6.07, 6.45) is 2.03. The molecule has 4 heteroatoms. The van der Waals surface area contributed by atoms with E-state index in [1.165, 1.54) is 19.2 Å². The molecule has 17 heavy (non-hydrogen) atoms. The fourth-order valence-corrected chi connectivity index (χ4v) is 1.84. The zero-order valence-electron chi connectivity index (χ0n) is 10.00. The van der Waals surface area contributed by atoms with Gasteiger partial charge in [-0.25, -0.2) is 9.18 Å². The van der Waals surface area contributed by atoms with Crippen LogP contribution in [0.2, 0.25) is 0 Å². The number of aryl methyl sites for hydroxylation is 1. The summed E-state index contributed by atoms with van der Waals surface area (Å²) in [7, 11) is 1.37. The van der Waals surface area contributed by atoms with E-state index in [9.17, 15) is 9.18 Å². The zero-order chi connectivity index (χ0) is 12.4. The number of esters is 1. The van der Waals surface area contributed by atoms with E-state index in [1.54, 1.807) is 6.07 Å². The van der Waals surface area contributed by atoms with Gasteiger partial charge in [0.25, 0.3) is 0 Å². The van der Waals surface area contributed by atoms with Gasteiger partial charge in [0.15, 0.2) is 0 Å². The highest BCUT2D eigenvalue weighted by atomic mass is 19.1. The number of benzene rings is 1. The Bertz CT molecular complexity index is 429. The number of ether oxygens (including phenoxy) is 1. The number of hydrogen-bond acceptors (Lipinski definition) is 3. The molecule has 1 saturated carbocycles. The summed E-state index contributed by atoms with van der Waals surface area (Å²) in [5.41, 5.74) is 1.58. The molecule has 1 N–H and O–H groups in total. The van der Waals surface area contributed by atoms with Crippen molar-refractivity contribution in [2.75, 3.05) is 12.4 Å². The summed E-state index contributed by atoms with van der Waals surface area (Å²) in [5, 5.41) is 3.09. The minimum absolute atomic E-state index is 0.281. The molecule has 0 heterocycles. The van der Waals surface area contributed by atoms with E-state index in [4.69, 9.17) is 4.74 Å². The summed E-state index contributed by atoms with van der Waals surface area (Å²) >= 11 is 0. The molecular formula is C13H16FNO2. The third-order valence-corrected chi connectivity index (χ3v) is 3.06. The van der Waals surface area contributed by atoms with Crippen LogP contribution < -0.4 is 5.32 Å². The highest BCUT2D eigenvalue weighted by molar-refractivity contribution is 5.80. The molecular weight excluding hydrogens is 221 g/mol. The number of rotatable bonds is 4. The molecule has 1 aliphatic carbocycles. The first-order chi connectivity index (χ1) is 8.11. The highest BCUT2D eigenvalue weighted by Gasteiger charge is 2.37. The molecule has 1 fully saturated rings. The van der Waals surface area contributed by atoms with Crippen molar-refractivity contribution in [3.8, 4) is 0 Å². The normalized spacial score (nSPS) is 16.4. The minimum atomic E-state index is -0.361. The molecule has 92 valence electrons. The van der Waals surface area contributed by atoms with Crippen LogP contribution in [0, 0.1) is 18.7 Å². The van der Waals surface area contributed by atoms with Crippen LogP contribution in [0.1, 0.15) is 18.4 Å². The van der Waals surface area contributed by atoms with Crippen LogP contribution in [0.3, 0.4) is 0 Å². The van der Waals surface area contributed by atoms with Gasteiger partial charge in [0, 0.05) is 5.69 Å². The number of nitrogens with one attached hydrogen (secondary N) is 1. The fraction of sp³-hybridized carbons (Fsp3) is 0.462. The van der Waals surface area contributed by atoms with Gasteiger partial charge < -0.3 is 10.1 Å². The predicted octanol–water partition coefficient (Wildman–Crippen LogP) is 2.50. The molecule has 0 amide bonds. The van der Waals surface area contributed by atoms with Crippen molar-refractivity contribution >= 4 is 11.7 Å². The van der Waals surface area contributed by atoms with Crippen LogP contribution in [-0.2, 0) is 9.53 Å². The van der Waals surface area contributed by atoms with E-state index in [0.29, 0.717) is 11.6 Å². The predicted molar refractivity (Wildman–Crippen MR) is 63.3 cm³/mol.